The lowest BCUT2D eigenvalue weighted by Crippen LogP contribution is -2.45. The Kier molecular flexibility index (Phi) is 11.3. The molecule has 5 rings (SSSR count). The molecule has 52 heavy (non-hydrogen) atoms. The molecule has 1 aliphatic heterocycles. The van der Waals surface area contributed by atoms with Crippen LogP contribution in [0.4, 0.5) is 18.0 Å². The van der Waals surface area contributed by atoms with E-state index in [0.29, 0.717) is 19.0 Å². The van der Waals surface area contributed by atoms with E-state index >= 15 is 0 Å². The maximum atomic E-state index is 13.2. The number of nitrogens with zero attached hydrogens (tertiary/aromatic N) is 6. The summed E-state index contributed by atoms with van der Waals surface area (Å²) in [6.07, 6.45) is 2.09. The van der Waals surface area contributed by atoms with Crippen LogP contribution in [0.25, 0.3) is 5.82 Å². The fourth-order valence-electron chi connectivity index (χ4n) is 6.55. The molecule has 0 aromatic carbocycles. The summed E-state index contributed by atoms with van der Waals surface area (Å²) in [5.41, 5.74) is -0.846. The Hall–Kier alpha value is -3.86. The molecule has 3 atom stereocenters. The van der Waals surface area contributed by atoms with Crippen LogP contribution in [-0.4, -0.2) is 80.3 Å². The quantitative estimate of drug-likeness (QED) is 0.148. The van der Waals surface area contributed by atoms with Gasteiger partial charge in [0, 0.05) is 37.1 Å². The maximum absolute atomic E-state index is 13.2. The number of sulfonamides is 1. The number of unbranched alkanes of at least 4 members (excludes halogenated alkanes) is 1. The Labute approximate surface area is 306 Å². The van der Waals surface area contributed by atoms with Crippen LogP contribution in [0.15, 0.2) is 35.5 Å². The normalized spacial score (nSPS) is 20.2. The molecule has 13 nitrogen and oxygen atoms in total. The second-order valence-corrected chi connectivity index (χ2v) is 17.1. The van der Waals surface area contributed by atoms with E-state index in [1.54, 1.807) is 4.90 Å². The van der Waals surface area contributed by atoms with Crippen molar-refractivity contribution in [2.75, 3.05) is 13.2 Å². The number of pyridine rings is 1. The van der Waals surface area contributed by atoms with E-state index in [4.69, 9.17) is 21.1 Å². The SMILES string of the molecule is Cc1nn(CCCCC2CN(C(=O)OC(C)(C)C)C(C)(C)C2)cc1S(=O)(=O)NC(=O)c1ccc(-n2ccc(OCCC3CC3C(F)(F)F)n2)nc1Cl. The highest BCUT2D eigenvalue weighted by Gasteiger charge is 2.55. The van der Waals surface area contributed by atoms with Crippen molar-refractivity contribution in [1.82, 2.24) is 34.2 Å². The number of likely N-dealkylation sites (tertiary alicyclic amines) is 1. The number of rotatable bonds is 13. The molecule has 3 unspecified atom stereocenters. The van der Waals surface area contributed by atoms with Gasteiger partial charge in [0.2, 0.25) is 5.88 Å². The largest absolute Gasteiger partial charge is 0.477 e. The summed E-state index contributed by atoms with van der Waals surface area (Å²) in [7, 11) is -4.31. The van der Waals surface area contributed by atoms with Crippen molar-refractivity contribution in [3.8, 4) is 11.7 Å². The number of carbonyl (C=O) groups is 2. The van der Waals surface area contributed by atoms with Crippen LogP contribution in [0.3, 0.4) is 0 Å². The molecule has 1 aliphatic carbocycles. The van der Waals surface area contributed by atoms with Crippen molar-refractivity contribution in [1.29, 1.82) is 0 Å². The number of halogens is 4. The predicted molar refractivity (Wildman–Crippen MR) is 185 cm³/mol. The van der Waals surface area contributed by atoms with E-state index in [1.807, 2.05) is 39.3 Å². The van der Waals surface area contributed by atoms with Crippen LogP contribution in [0.5, 0.6) is 5.88 Å². The third-order valence-corrected chi connectivity index (χ3v) is 10.9. The third kappa shape index (κ3) is 9.76. The lowest BCUT2D eigenvalue weighted by Gasteiger charge is -2.33. The number of hydrogen-bond donors (Lipinski definition) is 1. The summed E-state index contributed by atoms with van der Waals surface area (Å²) in [5, 5.41) is 8.26. The molecule has 3 aromatic rings. The zero-order valence-corrected chi connectivity index (χ0v) is 31.6. The molecule has 2 aliphatic rings. The minimum atomic E-state index is -4.31. The minimum Gasteiger partial charge on any atom is -0.477 e. The standard InChI is InChI=1S/C34H45ClF3N7O6S/c1-21-26(20-43(40-21)14-8-7-9-22-18-33(5,6)44(19-22)31(47)51-32(2,3)4)52(48,49)42-30(46)24-10-11-27(39-29(24)35)45-15-12-28(41-45)50-16-13-23-17-25(23)34(36,37)38/h10-12,15,20,22-23,25H,7-9,13-14,16-19H2,1-6H3,(H,42,46). The number of nitrogens with one attached hydrogen (secondary N) is 1. The Morgan fingerprint density at radius 3 is 2.48 bits per heavy atom. The van der Waals surface area contributed by atoms with Gasteiger partial charge in [0.15, 0.2) is 5.82 Å². The molecule has 0 spiro atoms. The van der Waals surface area contributed by atoms with Crippen LogP contribution in [0.1, 0.15) is 89.2 Å². The van der Waals surface area contributed by atoms with Crippen LogP contribution < -0.4 is 9.46 Å². The molecular weight excluding hydrogens is 727 g/mol. The number of alkyl halides is 3. The number of carbonyl (C=O) groups excluding carboxylic acids is 2. The van der Waals surface area contributed by atoms with Gasteiger partial charge in [-0.2, -0.15) is 18.3 Å². The zero-order valence-electron chi connectivity index (χ0n) is 30.0. The van der Waals surface area contributed by atoms with Gasteiger partial charge in [0.1, 0.15) is 15.6 Å². The van der Waals surface area contributed by atoms with Gasteiger partial charge in [-0.15, -0.1) is 5.10 Å². The maximum Gasteiger partial charge on any atom is 0.410 e. The van der Waals surface area contributed by atoms with Gasteiger partial charge < -0.3 is 14.4 Å². The number of amides is 2. The van der Waals surface area contributed by atoms with Crippen molar-refractivity contribution in [3.63, 3.8) is 0 Å². The second-order valence-electron chi connectivity index (χ2n) is 15.1. The Balaban J connectivity index is 1.10. The molecule has 0 radical (unpaired) electrons. The van der Waals surface area contributed by atoms with Gasteiger partial charge in [-0.05, 0) is 97.6 Å². The Bertz CT molecular complexity index is 1890. The lowest BCUT2D eigenvalue weighted by molar-refractivity contribution is -0.151. The van der Waals surface area contributed by atoms with Crippen LogP contribution in [0.2, 0.25) is 5.15 Å². The van der Waals surface area contributed by atoms with Gasteiger partial charge in [-0.3, -0.25) is 9.48 Å². The van der Waals surface area contributed by atoms with Crippen molar-refractivity contribution in [2.24, 2.45) is 17.8 Å². The van der Waals surface area contributed by atoms with E-state index in [9.17, 15) is 31.2 Å². The summed E-state index contributed by atoms with van der Waals surface area (Å²) in [5.74, 6) is -2.01. The zero-order chi connectivity index (χ0) is 38.2. The van der Waals surface area contributed by atoms with Gasteiger partial charge >= 0.3 is 12.3 Å². The predicted octanol–water partition coefficient (Wildman–Crippen LogP) is 6.72. The van der Waals surface area contributed by atoms with E-state index in [1.165, 1.54) is 46.9 Å². The molecule has 1 saturated carbocycles. The van der Waals surface area contributed by atoms with Crippen LogP contribution in [0, 0.1) is 24.7 Å². The summed E-state index contributed by atoms with van der Waals surface area (Å²) >= 11 is 6.28. The molecule has 286 valence electrons. The molecule has 4 heterocycles. The number of hydrogen-bond acceptors (Lipinski definition) is 9. The van der Waals surface area contributed by atoms with Crippen LogP contribution >= 0.6 is 11.6 Å². The highest BCUT2D eigenvalue weighted by atomic mass is 35.5. The molecule has 3 aromatic heterocycles. The smallest absolute Gasteiger partial charge is 0.410 e. The first-order chi connectivity index (χ1) is 24.1. The molecule has 0 bridgehead atoms. The molecule has 2 fully saturated rings. The molecule has 1 saturated heterocycles. The fourth-order valence-corrected chi connectivity index (χ4v) is 7.94. The summed E-state index contributed by atoms with van der Waals surface area (Å²) in [6, 6.07) is 4.22. The lowest BCUT2D eigenvalue weighted by atomic mass is 9.93. The van der Waals surface area contributed by atoms with E-state index in [0.717, 1.165) is 25.7 Å². The first-order valence-electron chi connectivity index (χ1n) is 17.2. The van der Waals surface area contributed by atoms with Crippen LogP contribution in [-0.2, 0) is 21.3 Å². The number of aryl methyl sites for hydroxylation is 2. The van der Waals surface area contributed by atoms with Crippen molar-refractivity contribution in [3.05, 3.63) is 47.0 Å². The monoisotopic (exact) mass is 771 g/mol. The molecule has 1 N–H and O–H groups in total. The fraction of sp³-hybridized carbons (Fsp3) is 0.618. The van der Waals surface area contributed by atoms with E-state index in [2.05, 4.69) is 15.2 Å². The minimum absolute atomic E-state index is 0.0745. The number of aromatic nitrogens is 5. The Morgan fingerprint density at radius 2 is 1.83 bits per heavy atom. The van der Waals surface area contributed by atoms with E-state index in [-0.39, 0.29) is 64.1 Å². The molecule has 2 amide bonds. The van der Waals surface area contributed by atoms with Crippen molar-refractivity contribution < 1.29 is 40.7 Å². The van der Waals surface area contributed by atoms with Gasteiger partial charge in [-0.25, -0.2) is 27.6 Å². The summed E-state index contributed by atoms with van der Waals surface area (Å²) in [4.78, 5) is 31.6. The average molecular weight is 772 g/mol. The van der Waals surface area contributed by atoms with Crippen molar-refractivity contribution >= 4 is 33.6 Å². The first-order valence-corrected chi connectivity index (χ1v) is 19.0. The van der Waals surface area contributed by atoms with Crippen molar-refractivity contribution in [2.45, 2.75) is 109 Å². The summed E-state index contributed by atoms with van der Waals surface area (Å²) < 4.78 is 80.6. The summed E-state index contributed by atoms with van der Waals surface area (Å²) in [6.45, 7) is 12.3. The average Bonchev–Trinajstić information content (AvgIpc) is 3.31. The highest BCUT2D eigenvalue weighted by Crippen LogP contribution is 2.51. The van der Waals surface area contributed by atoms with Gasteiger partial charge in [0.05, 0.1) is 23.8 Å². The second kappa shape index (κ2) is 14.9. The van der Waals surface area contributed by atoms with Gasteiger partial charge in [0.25, 0.3) is 15.9 Å². The third-order valence-electron chi connectivity index (χ3n) is 9.20. The topological polar surface area (TPSA) is 151 Å². The molecule has 18 heteroatoms. The van der Waals surface area contributed by atoms with Gasteiger partial charge in [-0.1, -0.05) is 18.0 Å². The highest BCUT2D eigenvalue weighted by molar-refractivity contribution is 7.90. The molecular formula is C34H45ClF3N7O6S. The van der Waals surface area contributed by atoms with E-state index < -0.39 is 39.5 Å². The Morgan fingerprint density at radius 1 is 1.10 bits per heavy atom. The first kappa shape index (κ1) is 39.3. The number of ether oxygens (including phenoxy) is 2.